The Morgan fingerprint density at radius 1 is 1.29 bits per heavy atom. The first-order valence-electron chi connectivity index (χ1n) is 3.15. The standard InChI is InChI=1S/C6H7NO4S2.Na.H/c7-5-1-3-6(4-2-5)13(10,11)12(8)9;;/h1-4H,7H2,(H,8,9);;/q;+1;-1/p-1. The van der Waals surface area contributed by atoms with Crippen LogP contribution in [0.15, 0.2) is 29.2 Å². The monoisotopic (exact) mass is 244 g/mol. The van der Waals surface area contributed by atoms with E-state index >= 15 is 0 Å². The Kier molecular flexibility index (Phi) is 5.27. The maximum Gasteiger partial charge on any atom is 1.00 e. The van der Waals surface area contributed by atoms with E-state index in [1.165, 1.54) is 12.1 Å². The average Bonchev–Trinajstić information content (AvgIpc) is 2.04. The second-order valence-electron chi connectivity index (χ2n) is 2.23. The van der Waals surface area contributed by atoms with Gasteiger partial charge in [0.1, 0.15) is 0 Å². The van der Waals surface area contributed by atoms with E-state index in [1.54, 1.807) is 0 Å². The molecule has 5 nitrogen and oxygen atoms in total. The van der Waals surface area contributed by atoms with Crippen molar-refractivity contribution in [2.45, 2.75) is 4.90 Å². The minimum atomic E-state index is -4.23. The molecule has 0 radical (unpaired) electrons. The van der Waals surface area contributed by atoms with Crippen LogP contribution in [0.25, 0.3) is 0 Å². The Bertz CT molecular complexity index is 433. The molecular formula is C6H7NNaO4S2-. The van der Waals surface area contributed by atoms with Crippen LogP contribution in [0, 0.1) is 0 Å². The number of hydrogen-bond acceptors (Lipinski definition) is 5. The number of hydrogen-bond donors (Lipinski definition) is 1. The molecule has 0 aromatic heterocycles. The van der Waals surface area contributed by atoms with Gasteiger partial charge in [-0.15, -0.1) is 0 Å². The molecule has 0 amide bonds. The van der Waals surface area contributed by atoms with E-state index in [4.69, 9.17) is 5.73 Å². The fourth-order valence-electron chi connectivity index (χ4n) is 0.713. The van der Waals surface area contributed by atoms with Gasteiger partial charge in [0.25, 0.3) is 0 Å². The minimum absolute atomic E-state index is 0. The minimum Gasteiger partial charge on any atom is -1.00 e. The van der Waals surface area contributed by atoms with Crippen molar-refractivity contribution >= 4 is 24.7 Å². The van der Waals surface area contributed by atoms with E-state index < -0.39 is 19.0 Å². The maximum absolute atomic E-state index is 11.0. The summed E-state index contributed by atoms with van der Waals surface area (Å²) < 4.78 is 42.6. The second kappa shape index (κ2) is 5.24. The smallest absolute Gasteiger partial charge is 1.00 e. The first-order chi connectivity index (χ1) is 5.94. The molecule has 8 heteroatoms. The molecule has 1 atom stereocenters. The van der Waals surface area contributed by atoms with E-state index in [2.05, 4.69) is 0 Å². The normalized spacial score (nSPS) is 12.9. The zero-order valence-corrected chi connectivity index (χ0v) is 11.0. The third-order valence-electron chi connectivity index (χ3n) is 1.35. The Morgan fingerprint density at radius 2 is 1.71 bits per heavy atom. The van der Waals surface area contributed by atoms with Crippen LogP contribution in [-0.2, 0) is 19.0 Å². The summed E-state index contributed by atoms with van der Waals surface area (Å²) >= 11 is 0. The van der Waals surface area contributed by atoms with Crippen molar-refractivity contribution in [1.82, 2.24) is 0 Å². The van der Waals surface area contributed by atoms with Gasteiger partial charge in [-0.2, -0.15) is 0 Å². The molecule has 74 valence electrons. The van der Waals surface area contributed by atoms with Crippen molar-refractivity contribution in [2.75, 3.05) is 5.73 Å². The molecule has 0 saturated heterocycles. The molecule has 1 rings (SSSR count). The molecule has 0 aliphatic rings. The number of nitrogens with two attached hydrogens (primary N) is 1. The molecule has 0 saturated carbocycles. The van der Waals surface area contributed by atoms with Crippen LogP contribution in [0.5, 0.6) is 0 Å². The molecular weight excluding hydrogens is 237 g/mol. The summed E-state index contributed by atoms with van der Waals surface area (Å²) in [7, 11) is -7.38. The molecule has 1 aromatic carbocycles. The summed E-state index contributed by atoms with van der Waals surface area (Å²) in [6, 6.07) is 4.92. The molecule has 0 heterocycles. The van der Waals surface area contributed by atoms with Crippen molar-refractivity contribution in [3.8, 4) is 0 Å². The number of benzene rings is 1. The van der Waals surface area contributed by atoms with Gasteiger partial charge < -0.3 is 11.7 Å². The summed E-state index contributed by atoms with van der Waals surface area (Å²) in [6.07, 6.45) is 0. The van der Waals surface area contributed by atoms with Gasteiger partial charge in [-0.05, 0) is 24.3 Å². The molecule has 1 aromatic rings. The van der Waals surface area contributed by atoms with E-state index in [0.29, 0.717) is 5.69 Å². The molecule has 0 aliphatic heterocycles. The zero-order valence-electron chi connectivity index (χ0n) is 8.34. The molecule has 0 bridgehead atoms. The fourth-order valence-corrected chi connectivity index (χ4v) is 2.14. The van der Waals surface area contributed by atoms with Crippen molar-refractivity contribution in [3.63, 3.8) is 0 Å². The van der Waals surface area contributed by atoms with Gasteiger partial charge in [-0.25, -0.2) is 8.42 Å². The topological polar surface area (TPSA) is 100 Å². The maximum atomic E-state index is 11.0. The van der Waals surface area contributed by atoms with Crippen LogP contribution in [0.3, 0.4) is 0 Å². The van der Waals surface area contributed by atoms with Gasteiger partial charge >= 0.3 is 29.6 Å². The van der Waals surface area contributed by atoms with Crippen LogP contribution in [0.1, 0.15) is 1.43 Å². The first-order valence-corrected chi connectivity index (χ1v) is 6.22. The number of rotatable bonds is 2. The van der Waals surface area contributed by atoms with Gasteiger partial charge in [-0.1, -0.05) is 0 Å². The third kappa shape index (κ3) is 3.04. The van der Waals surface area contributed by atoms with Gasteiger partial charge in [0, 0.05) is 5.69 Å². The van der Waals surface area contributed by atoms with E-state index in [0.717, 1.165) is 12.1 Å². The molecule has 0 spiro atoms. The van der Waals surface area contributed by atoms with Crippen molar-refractivity contribution in [3.05, 3.63) is 24.3 Å². The summed E-state index contributed by atoms with van der Waals surface area (Å²) in [4.78, 5) is -0.282. The molecule has 0 aliphatic carbocycles. The Hall–Kier alpha value is 0.0800. The van der Waals surface area contributed by atoms with Crippen LogP contribution >= 0.6 is 0 Å². The first kappa shape index (κ1) is 14.1. The van der Waals surface area contributed by atoms with E-state index in [9.17, 15) is 17.2 Å². The van der Waals surface area contributed by atoms with E-state index in [-0.39, 0.29) is 35.9 Å². The van der Waals surface area contributed by atoms with Crippen molar-refractivity contribution < 1.29 is 48.2 Å². The van der Waals surface area contributed by atoms with Gasteiger partial charge in [0.15, 0.2) is 0 Å². The third-order valence-corrected chi connectivity index (χ3v) is 4.21. The van der Waals surface area contributed by atoms with Crippen LogP contribution in [0.4, 0.5) is 5.69 Å². The molecule has 14 heavy (non-hydrogen) atoms. The van der Waals surface area contributed by atoms with Crippen LogP contribution < -0.4 is 35.3 Å². The zero-order chi connectivity index (χ0) is 10.1. The van der Waals surface area contributed by atoms with Crippen molar-refractivity contribution in [1.29, 1.82) is 0 Å². The predicted molar refractivity (Wildman–Crippen MR) is 48.1 cm³/mol. The molecule has 0 fully saturated rings. The summed E-state index contributed by atoms with van der Waals surface area (Å²) in [5.41, 5.74) is 5.67. The van der Waals surface area contributed by atoms with Crippen LogP contribution in [-0.4, -0.2) is 17.2 Å². The summed E-state index contributed by atoms with van der Waals surface area (Å²) in [5.74, 6) is 0. The summed E-state index contributed by atoms with van der Waals surface area (Å²) in [6.45, 7) is 0. The fraction of sp³-hybridized carbons (Fsp3) is 0. The molecule has 2 N–H and O–H groups in total. The van der Waals surface area contributed by atoms with E-state index in [1.807, 2.05) is 0 Å². The Morgan fingerprint density at radius 3 is 2.07 bits per heavy atom. The van der Waals surface area contributed by atoms with Gasteiger partial charge in [0.2, 0.25) is 8.87 Å². The largest absolute Gasteiger partial charge is 1.00 e. The number of anilines is 1. The summed E-state index contributed by atoms with van der Waals surface area (Å²) in [5, 5.41) is 0. The number of nitrogen functional groups attached to an aromatic ring is 1. The quantitative estimate of drug-likeness (QED) is 0.258. The van der Waals surface area contributed by atoms with Crippen LogP contribution in [0.2, 0.25) is 0 Å². The Balaban J connectivity index is 0. The average molecular weight is 244 g/mol. The van der Waals surface area contributed by atoms with Gasteiger partial charge in [0.05, 0.1) is 15.0 Å². The molecule has 1 unspecified atom stereocenters. The Labute approximate surface area is 107 Å². The van der Waals surface area contributed by atoms with Crippen molar-refractivity contribution in [2.24, 2.45) is 0 Å². The predicted octanol–water partition coefficient (Wildman–Crippen LogP) is -3.05. The SMILES string of the molecule is Nc1ccc(S(=O)(=O)S(=O)[O-])cc1.[H-].[Na+]. The van der Waals surface area contributed by atoms with Gasteiger partial charge in [-0.3, -0.25) is 4.21 Å². The second-order valence-corrected chi connectivity index (χ2v) is 6.15.